The first-order valence-corrected chi connectivity index (χ1v) is 6.45. The lowest BCUT2D eigenvalue weighted by molar-refractivity contribution is 0.171. The van der Waals surface area contributed by atoms with Crippen LogP contribution in [-0.2, 0) is 6.54 Å². The average molecular weight is 231 g/mol. The van der Waals surface area contributed by atoms with E-state index in [2.05, 4.69) is 41.3 Å². The van der Waals surface area contributed by atoms with E-state index >= 15 is 0 Å². The first-order chi connectivity index (χ1) is 8.40. The summed E-state index contributed by atoms with van der Waals surface area (Å²) in [6, 6.07) is 11.1. The molecule has 2 heteroatoms. The van der Waals surface area contributed by atoms with E-state index in [1.807, 2.05) is 6.08 Å². The van der Waals surface area contributed by atoms with E-state index in [9.17, 15) is 0 Å². The summed E-state index contributed by atoms with van der Waals surface area (Å²) in [5.41, 5.74) is 1.37. The van der Waals surface area contributed by atoms with Gasteiger partial charge in [0.15, 0.2) is 0 Å². The van der Waals surface area contributed by atoms with Crippen molar-refractivity contribution < 1.29 is 5.11 Å². The Bertz CT molecular complexity index is 347. The fourth-order valence-electron chi connectivity index (χ4n) is 2.47. The van der Waals surface area contributed by atoms with Gasteiger partial charge >= 0.3 is 0 Å². The Labute approximate surface area is 104 Å². The van der Waals surface area contributed by atoms with E-state index < -0.39 is 0 Å². The maximum atomic E-state index is 8.87. The number of hydrogen-bond donors (Lipinski definition) is 1. The minimum absolute atomic E-state index is 0.148. The van der Waals surface area contributed by atoms with Crippen molar-refractivity contribution >= 4 is 0 Å². The molecule has 1 aliphatic rings. The van der Waals surface area contributed by atoms with Gasteiger partial charge in [-0.2, -0.15) is 0 Å². The summed E-state index contributed by atoms with van der Waals surface area (Å²) in [7, 11) is 0. The molecule has 1 aromatic carbocycles. The topological polar surface area (TPSA) is 23.5 Å². The number of rotatable bonds is 4. The van der Waals surface area contributed by atoms with Crippen LogP contribution in [0.5, 0.6) is 0 Å². The van der Waals surface area contributed by atoms with Gasteiger partial charge in [0.25, 0.3) is 0 Å². The lowest BCUT2D eigenvalue weighted by Crippen LogP contribution is -2.37. The quantitative estimate of drug-likeness (QED) is 0.805. The fourth-order valence-corrected chi connectivity index (χ4v) is 2.47. The van der Waals surface area contributed by atoms with E-state index in [0.29, 0.717) is 6.04 Å². The molecule has 92 valence electrons. The van der Waals surface area contributed by atoms with Crippen LogP contribution in [0, 0.1) is 0 Å². The Kier molecular flexibility index (Phi) is 4.77. The molecule has 1 atom stereocenters. The zero-order chi connectivity index (χ0) is 11.9. The lowest BCUT2D eigenvalue weighted by Gasteiger charge is -2.34. The molecule has 2 nitrogen and oxygen atoms in total. The van der Waals surface area contributed by atoms with Gasteiger partial charge in [0.05, 0.1) is 6.61 Å². The van der Waals surface area contributed by atoms with E-state index in [1.54, 1.807) is 0 Å². The van der Waals surface area contributed by atoms with Crippen LogP contribution in [0.25, 0.3) is 0 Å². The molecule has 1 aliphatic heterocycles. The molecule has 1 aromatic rings. The monoisotopic (exact) mass is 231 g/mol. The van der Waals surface area contributed by atoms with E-state index in [4.69, 9.17) is 5.11 Å². The molecule has 1 heterocycles. The van der Waals surface area contributed by atoms with Crippen molar-refractivity contribution in [2.45, 2.75) is 31.8 Å². The van der Waals surface area contributed by atoms with Crippen molar-refractivity contribution in [3.8, 4) is 0 Å². The van der Waals surface area contributed by atoms with Crippen LogP contribution in [0.15, 0.2) is 42.5 Å². The summed E-state index contributed by atoms with van der Waals surface area (Å²) in [6.45, 7) is 2.33. The zero-order valence-electron chi connectivity index (χ0n) is 10.3. The van der Waals surface area contributed by atoms with Crippen LogP contribution in [-0.4, -0.2) is 29.2 Å². The third-order valence-corrected chi connectivity index (χ3v) is 3.36. The predicted molar refractivity (Wildman–Crippen MR) is 70.7 cm³/mol. The van der Waals surface area contributed by atoms with E-state index in [0.717, 1.165) is 13.1 Å². The maximum Gasteiger partial charge on any atom is 0.0612 e. The maximum absolute atomic E-state index is 8.87. The van der Waals surface area contributed by atoms with E-state index in [-0.39, 0.29) is 6.61 Å². The SMILES string of the molecule is OC/C=C/C1CCCCN1Cc1ccccc1. The van der Waals surface area contributed by atoms with Gasteiger partial charge in [0.1, 0.15) is 0 Å². The largest absolute Gasteiger partial charge is 0.392 e. The molecule has 1 saturated heterocycles. The molecule has 0 radical (unpaired) electrons. The van der Waals surface area contributed by atoms with Crippen molar-refractivity contribution in [1.82, 2.24) is 4.90 Å². The molecular formula is C15H21NO. The number of hydrogen-bond acceptors (Lipinski definition) is 2. The van der Waals surface area contributed by atoms with Gasteiger partial charge in [-0.25, -0.2) is 0 Å². The summed E-state index contributed by atoms with van der Waals surface area (Å²) in [6.07, 6.45) is 7.82. The Balaban J connectivity index is 1.99. The van der Waals surface area contributed by atoms with Gasteiger partial charge in [-0.3, -0.25) is 4.90 Å². The zero-order valence-corrected chi connectivity index (χ0v) is 10.3. The molecule has 1 fully saturated rings. The number of nitrogens with zero attached hydrogens (tertiary/aromatic N) is 1. The molecule has 0 bridgehead atoms. The molecule has 1 N–H and O–H groups in total. The molecule has 17 heavy (non-hydrogen) atoms. The Morgan fingerprint density at radius 3 is 2.82 bits per heavy atom. The average Bonchev–Trinajstić information content (AvgIpc) is 2.39. The number of piperidine rings is 1. The van der Waals surface area contributed by atoms with Crippen LogP contribution in [0.4, 0.5) is 0 Å². The second-order valence-electron chi connectivity index (χ2n) is 4.63. The second-order valence-corrected chi connectivity index (χ2v) is 4.63. The summed E-state index contributed by atoms with van der Waals surface area (Å²) in [5.74, 6) is 0. The molecule has 0 spiro atoms. The fraction of sp³-hybridized carbons (Fsp3) is 0.467. The van der Waals surface area contributed by atoms with E-state index in [1.165, 1.54) is 24.8 Å². The predicted octanol–water partition coefficient (Wildman–Crippen LogP) is 2.59. The van der Waals surface area contributed by atoms with Crippen molar-refractivity contribution in [1.29, 1.82) is 0 Å². The molecule has 0 amide bonds. The third-order valence-electron chi connectivity index (χ3n) is 3.36. The van der Waals surface area contributed by atoms with Gasteiger partial charge in [0.2, 0.25) is 0 Å². The Morgan fingerprint density at radius 2 is 2.06 bits per heavy atom. The van der Waals surface area contributed by atoms with Crippen LogP contribution >= 0.6 is 0 Å². The number of aliphatic hydroxyl groups is 1. The minimum Gasteiger partial charge on any atom is -0.392 e. The molecule has 0 aromatic heterocycles. The van der Waals surface area contributed by atoms with Gasteiger partial charge < -0.3 is 5.11 Å². The summed E-state index contributed by atoms with van der Waals surface area (Å²) in [4.78, 5) is 2.50. The number of benzene rings is 1. The first-order valence-electron chi connectivity index (χ1n) is 6.45. The van der Waals surface area contributed by atoms with Crippen molar-refractivity contribution in [2.75, 3.05) is 13.2 Å². The highest BCUT2D eigenvalue weighted by Crippen LogP contribution is 2.20. The highest BCUT2D eigenvalue weighted by Gasteiger charge is 2.19. The lowest BCUT2D eigenvalue weighted by atomic mass is 10.0. The molecule has 0 aliphatic carbocycles. The normalized spacial score (nSPS) is 22.1. The number of aliphatic hydroxyl groups excluding tert-OH is 1. The minimum atomic E-state index is 0.148. The van der Waals surface area contributed by atoms with Gasteiger partial charge in [-0.1, -0.05) is 48.9 Å². The molecule has 0 saturated carbocycles. The van der Waals surface area contributed by atoms with Crippen LogP contribution in [0.1, 0.15) is 24.8 Å². The Hall–Kier alpha value is -1.12. The second kappa shape index (κ2) is 6.58. The molecule has 1 unspecified atom stereocenters. The van der Waals surface area contributed by atoms with Crippen LogP contribution in [0.2, 0.25) is 0 Å². The highest BCUT2D eigenvalue weighted by molar-refractivity contribution is 5.15. The van der Waals surface area contributed by atoms with Crippen LogP contribution in [0.3, 0.4) is 0 Å². The van der Waals surface area contributed by atoms with Crippen molar-refractivity contribution in [3.63, 3.8) is 0 Å². The number of likely N-dealkylation sites (tertiary alicyclic amines) is 1. The highest BCUT2D eigenvalue weighted by atomic mass is 16.2. The third kappa shape index (κ3) is 3.69. The van der Waals surface area contributed by atoms with Gasteiger partial charge in [-0.15, -0.1) is 0 Å². The summed E-state index contributed by atoms with van der Waals surface area (Å²) >= 11 is 0. The standard InChI is InChI=1S/C15H21NO/c17-12-6-10-15-9-4-5-11-16(15)13-14-7-2-1-3-8-14/h1-3,6-8,10,15,17H,4-5,9,11-13H2/b10-6+. The summed E-state index contributed by atoms with van der Waals surface area (Å²) < 4.78 is 0. The van der Waals surface area contributed by atoms with Crippen molar-refractivity contribution in [3.05, 3.63) is 48.0 Å². The molecular weight excluding hydrogens is 210 g/mol. The van der Waals surface area contributed by atoms with Gasteiger partial charge in [0, 0.05) is 12.6 Å². The molecule has 2 rings (SSSR count). The van der Waals surface area contributed by atoms with Gasteiger partial charge in [-0.05, 0) is 24.9 Å². The van der Waals surface area contributed by atoms with Crippen LogP contribution < -0.4 is 0 Å². The van der Waals surface area contributed by atoms with Crippen molar-refractivity contribution in [2.24, 2.45) is 0 Å². The summed E-state index contributed by atoms with van der Waals surface area (Å²) in [5, 5.41) is 8.87. The smallest absolute Gasteiger partial charge is 0.0612 e. The Morgan fingerprint density at radius 1 is 1.24 bits per heavy atom. The first kappa shape index (κ1) is 12.3.